The van der Waals surface area contributed by atoms with Crippen molar-refractivity contribution in [2.45, 2.75) is 45.3 Å². The molecular formula is C15H20O4. The Balaban J connectivity index is 2.06. The highest BCUT2D eigenvalue weighted by molar-refractivity contribution is 5.92. The Hall–Kier alpha value is -1.13. The zero-order chi connectivity index (χ0) is 13.8. The predicted octanol–water partition coefficient (Wildman–Crippen LogP) is 1.33. The van der Waals surface area contributed by atoms with Gasteiger partial charge in [-0.2, -0.15) is 0 Å². The molecule has 4 nitrogen and oxygen atoms in total. The molecule has 104 valence electrons. The lowest BCUT2D eigenvalue weighted by Gasteiger charge is -2.50. The molecule has 0 spiro atoms. The minimum absolute atomic E-state index is 0.0352. The average Bonchev–Trinajstić information content (AvgIpc) is 2.69. The lowest BCUT2D eigenvalue weighted by molar-refractivity contribution is -0.147. The first-order chi connectivity index (χ1) is 8.99. The molecule has 3 aliphatic rings. The van der Waals surface area contributed by atoms with Crippen molar-refractivity contribution in [1.82, 2.24) is 0 Å². The van der Waals surface area contributed by atoms with Gasteiger partial charge in [0, 0.05) is 11.3 Å². The zero-order valence-corrected chi connectivity index (χ0v) is 11.3. The van der Waals surface area contributed by atoms with Gasteiger partial charge < -0.3 is 14.9 Å². The maximum Gasteiger partial charge on any atom is 0.337 e. The largest absolute Gasteiger partial charge is 0.454 e. The molecule has 0 amide bonds. The Kier molecular flexibility index (Phi) is 2.84. The number of hydrogen-bond donors (Lipinski definition) is 2. The van der Waals surface area contributed by atoms with Gasteiger partial charge in [-0.05, 0) is 31.8 Å². The third-order valence-electron chi connectivity index (χ3n) is 5.23. The number of carbonyl (C=O) groups excluding carboxylic acids is 1. The second-order valence-corrected chi connectivity index (χ2v) is 6.17. The maximum absolute atomic E-state index is 11.8. The Morgan fingerprint density at radius 3 is 2.95 bits per heavy atom. The number of fused-ring (bicyclic) bond motifs is 3. The third-order valence-corrected chi connectivity index (χ3v) is 5.23. The fourth-order valence-corrected chi connectivity index (χ4v) is 4.02. The fraction of sp³-hybridized carbons (Fsp3) is 0.667. The summed E-state index contributed by atoms with van der Waals surface area (Å²) in [5, 5.41) is 19.7. The van der Waals surface area contributed by atoms with Crippen LogP contribution in [0.5, 0.6) is 0 Å². The highest BCUT2D eigenvalue weighted by Crippen LogP contribution is 2.54. The van der Waals surface area contributed by atoms with Crippen LogP contribution in [0.1, 0.15) is 33.1 Å². The highest BCUT2D eigenvalue weighted by atomic mass is 16.6. The van der Waals surface area contributed by atoms with E-state index in [2.05, 4.69) is 6.92 Å². The Labute approximate surface area is 112 Å². The molecule has 1 aliphatic heterocycles. The van der Waals surface area contributed by atoms with Gasteiger partial charge in [-0.25, -0.2) is 4.79 Å². The van der Waals surface area contributed by atoms with Gasteiger partial charge in [-0.15, -0.1) is 0 Å². The predicted molar refractivity (Wildman–Crippen MR) is 69.2 cm³/mol. The minimum atomic E-state index is -0.389. The summed E-state index contributed by atoms with van der Waals surface area (Å²) in [5.41, 5.74) is 2.32. The van der Waals surface area contributed by atoms with Crippen LogP contribution in [0.15, 0.2) is 22.8 Å². The molecule has 0 aromatic heterocycles. The molecule has 1 heterocycles. The van der Waals surface area contributed by atoms with E-state index in [1.165, 1.54) is 5.57 Å². The Morgan fingerprint density at radius 2 is 2.26 bits per heavy atom. The zero-order valence-electron chi connectivity index (χ0n) is 11.3. The standard InChI is InChI=1S/C15H20O4/c1-8-3-4-11(17)15(2)6-5-9-10(7-16)14(18)19-13(9)12(8)15/h3,11-13,16-17H,4-7H2,1-2H3. The molecule has 0 aromatic carbocycles. The van der Waals surface area contributed by atoms with Crippen molar-refractivity contribution in [3.05, 3.63) is 22.8 Å². The number of ether oxygens (including phenoxy) is 1. The van der Waals surface area contributed by atoms with Gasteiger partial charge in [0.25, 0.3) is 0 Å². The summed E-state index contributed by atoms with van der Waals surface area (Å²) < 4.78 is 5.50. The van der Waals surface area contributed by atoms with E-state index in [-0.39, 0.29) is 36.1 Å². The van der Waals surface area contributed by atoms with Crippen molar-refractivity contribution >= 4 is 5.97 Å². The van der Waals surface area contributed by atoms with E-state index in [1.54, 1.807) is 0 Å². The Morgan fingerprint density at radius 1 is 1.53 bits per heavy atom. The van der Waals surface area contributed by atoms with Crippen molar-refractivity contribution < 1.29 is 19.7 Å². The smallest absolute Gasteiger partial charge is 0.337 e. The highest BCUT2D eigenvalue weighted by Gasteiger charge is 2.54. The molecule has 0 bridgehead atoms. The van der Waals surface area contributed by atoms with Gasteiger partial charge in [0.1, 0.15) is 6.10 Å². The van der Waals surface area contributed by atoms with Crippen LogP contribution in [0.3, 0.4) is 0 Å². The normalized spacial score (nSPS) is 41.6. The molecule has 4 heteroatoms. The number of aliphatic hydroxyl groups excluding tert-OH is 2. The first-order valence-corrected chi connectivity index (χ1v) is 6.87. The van der Waals surface area contributed by atoms with Gasteiger partial charge in [0.05, 0.1) is 18.3 Å². The quantitative estimate of drug-likeness (QED) is 0.554. The van der Waals surface area contributed by atoms with Gasteiger partial charge in [-0.3, -0.25) is 0 Å². The van der Waals surface area contributed by atoms with E-state index in [0.29, 0.717) is 12.0 Å². The van der Waals surface area contributed by atoms with Crippen LogP contribution in [0.4, 0.5) is 0 Å². The van der Waals surface area contributed by atoms with Crippen LogP contribution in [0.25, 0.3) is 0 Å². The number of esters is 1. The summed E-state index contributed by atoms with van der Waals surface area (Å²) in [7, 11) is 0. The van der Waals surface area contributed by atoms with Crippen molar-refractivity contribution in [2.24, 2.45) is 11.3 Å². The van der Waals surface area contributed by atoms with Gasteiger partial charge in [0.15, 0.2) is 0 Å². The molecular weight excluding hydrogens is 244 g/mol. The molecule has 4 atom stereocenters. The molecule has 2 aliphatic carbocycles. The number of rotatable bonds is 1. The molecule has 1 saturated carbocycles. The van der Waals surface area contributed by atoms with Crippen LogP contribution in [-0.4, -0.2) is 35.0 Å². The topological polar surface area (TPSA) is 66.8 Å². The van der Waals surface area contributed by atoms with Crippen molar-refractivity contribution in [3.8, 4) is 0 Å². The van der Waals surface area contributed by atoms with E-state index < -0.39 is 0 Å². The maximum atomic E-state index is 11.8. The molecule has 1 fully saturated rings. The summed E-state index contributed by atoms with van der Waals surface area (Å²) in [5.74, 6) is -0.354. The average molecular weight is 264 g/mol. The van der Waals surface area contributed by atoms with Crippen LogP contribution in [0, 0.1) is 11.3 Å². The summed E-state index contributed by atoms with van der Waals surface area (Å²) in [6.45, 7) is 3.88. The van der Waals surface area contributed by atoms with Crippen molar-refractivity contribution in [2.75, 3.05) is 6.61 Å². The monoisotopic (exact) mass is 264 g/mol. The fourth-order valence-electron chi connectivity index (χ4n) is 4.02. The molecule has 0 radical (unpaired) electrons. The van der Waals surface area contributed by atoms with Crippen LogP contribution < -0.4 is 0 Å². The third kappa shape index (κ3) is 1.63. The molecule has 0 aromatic rings. The molecule has 3 rings (SSSR count). The van der Waals surface area contributed by atoms with Gasteiger partial charge in [0.2, 0.25) is 0 Å². The molecule has 2 N–H and O–H groups in total. The minimum Gasteiger partial charge on any atom is -0.454 e. The molecule has 0 saturated heterocycles. The van der Waals surface area contributed by atoms with Crippen molar-refractivity contribution in [3.63, 3.8) is 0 Å². The van der Waals surface area contributed by atoms with Crippen LogP contribution in [0.2, 0.25) is 0 Å². The number of carbonyl (C=O) groups is 1. The van der Waals surface area contributed by atoms with Gasteiger partial charge >= 0.3 is 5.97 Å². The lowest BCUT2D eigenvalue weighted by atomic mass is 9.57. The number of hydrogen-bond acceptors (Lipinski definition) is 4. The first-order valence-electron chi connectivity index (χ1n) is 6.87. The second kappa shape index (κ2) is 4.18. The lowest BCUT2D eigenvalue weighted by Crippen LogP contribution is -2.50. The molecule has 4 unspecified atom stereocenters. The van der Waals surface area contributed by atoms with E-state index in [4.69, 9.17) is 4.74 Å². The van der Waals surface area contributed by atoms with Gasteiger partial charge in [-0.1, -0.05) is 18.6 Å². The summed E-state index contributed by atoms with van der Waals surface area (Å²) >= 11 is 0. The van der Waals surface area contributed by atoms with Crippen LogP contribution in [-0.2, 0) is 9.53 Å². The summed E-state index contributed by atoms with van der Waals surface area (Å²) in [6.07, 6.45) is 3.59. The van der Waals surface area contributed by atoms with Crippen LogP contribution >= 0.6 is 0 Å². The molecule has 19 heavy (non-hydrogen) atoms. The number of aliphatic hydroxyl groups is 2. The second-order valence-electron chi connectivity index (χ2n) is 6.17. The van der Waals surface area contributed by atoms with E-state index in [1.807, 2.05) is 13.0 Å². The van der Waals surface area contributed by atoms with E-state index >= 15 is 0 Å². The summed E-state index contributed by atoms with van der Waals surface area (Å²) in [4.78, 5) is 11.8. The van der Waals surface area contributed by atoms with E-state index in [0.717, 1.165) is 18.4 Å². The van der Waals surface area contributed by atoms with Crippen molar-refractivity contribution in [1.29, 1.82) is 0 Å². The Bertz CT molecular complexity index is 490. The SMILES string of the molecule is CC1=CCC(O)C2(C)CCC3=C(CO)C(=O)OC3C12. The first kappa shape index (κ1) is 12.9. The summed E-state index contributed by atoms with van der Waals surface area (Å²) in [6, 6.07) is 0. The van der Waals surface area contributed by atoms with E-state index in [9.17, 15) is 15.0 Å².